The van der Waals surface area contributed by atoms with Gasteiger partial charge in [-0.25, -0.2) is 4.79 Å². The van der Waals surface area contributed by atoms with Gasteiger partial charge in [-0.15, -0.1) is 0 Å². The van der Waals surface area contributed by atoms with Crippen LogP contribution in [0.3, 0.4) is 0 Å². The lowest BCUT2D eigenvalue weighted by atomic mass is 10.0. The predicted molar refractivity (Wildman–Crippen MR) is 131 cm³/mol. The SMILES string of the molecule is CC(C)(C)OC(=O)N[C@H](CC(=O)N1CC2CCC(C1)N2C(=O)C(=O)c1ccco1)Cc1ccccc1. The lowest BCUT2D eigenvalue weighted by molar-refractivity contribution is -0.141. The normalized spacial score (nSPS) is 20.1. The zero-order valence-corrected chi connectivity index (χ0v) is 20.9. The van der Waals surface area contributed by atoms with Crippen molar-refractivity contribution in [1.82, 2.24) is 15.1 Å². The zero-order chi connectivity index (χ0) is 25.9. The van der Waals surface area contributed by atoms with Crippen molar-refractivity contribution in [2.75, 3.05) is 13.1 Å². The van der Waals surface area contributed by atoms with Crippen LogP contribution in [0.1, 0.15) is 56.2 Å². The van der Waals surface area contributed by atoms with Gasteiger partial charge in [-0.1, -0.05) is 30.3 Å². The van der Waals surface area contributed by atoms with Crippen LogP contribution in [0.25, 0.3) is 0 Å². The van der Waals surface area contributed by atoms with Gasteiger partial charge in [0.2, 0.25) is 5.91 Å². The number of hydrogen-bond donors (Lipinski definition) is 1. The Morgan fingerprint density at radius 1 is 1.03 bits per heavy atom. The quantitative estimate of drug-likeness (QED) is 0.467. The third-order valence-electron chi connectivity index (χ3n) is 6.48. The summed E-state index contributed by atoms with van der Waals surface area (Å²) >= 11 is 0. The summed E-state index contributed by atoms with van der Waals surface area (Å²) in [6.07, 6.45) is 2.85. The summed E-state index contributed by atoms with van der Waals surface area (Å²) in [5.41, 5.74) is 0.346. The number of Topliss-reactive ketones (excluding diaryl/α,β-unsaturated/α-hetero) is 1. The molecular weight excluding hydrogens is 462 g/mol. The second kappa shape index (κ2) is 10.6. The average Bonchev–Trinajstić information content (AvgIpc) is 3.43. The van der Waals surface area contributed by atoms with E-state index in [4.69, 9.17) is 9.15 Å². The van der Waals surface area contributed by atoms with Crippen LogP contribution in [0.15, 0.2) is 53.1 Å². The average molecular weight is 496 g/mol. The number of furan rings is 1. The molecule has 0 spiro atoms. The highest BCUT2D eigenvalue weighted by Crippen LogP contribution is 2.31. The Labute approximate surface area is 210 Å². The summed E-state index contributed by atoms with van der Waals surface area (Å²) in [4.78, 5) is 54.6. The zero-order valence-electron chi connectivity index (χ0n) is 20.9. The number of carbonyl (C=O) groups excluding carboxylic acids is 4. The third-order valence-corrected chi connectivity index (χ3v) is 6.48. The summed E-state index contributed by atoms with van der Waals surface area (Å²) in [6.45, 7) is 6.08. The Morgan fingerprint density at radius 3 is 2.28 bits per heavy atom. The molecule has 9 heteroatoms. The van der Waals surface area contributed by atoms with Gasteiger partial charge in [0.1, 0.15) is 5.60 Å². The van der Waals surface area contributed by atoms with Gasteiger partial charge in [0, 0.05) is 25.6 Å². The van der Waals surface area contributed by atoms with Gasteiger partial charge in [0.15, 0.2) is 5.76 Å². The summed E-state index contributed by atoms with van der Waals surface area (Å²) in [6, 6.07) is 11.8. The highest BCUT2D eigenvalue weighted by atomic mass is 16.6. The van der Waals surface area contributed by atoms with Crippen molar-refractivity contribution in [3.63, 3.8) is 0 Å². The van der Waals surface area contributed by atoms with E-state index in [2.05, 4.69) is 5.32 Å². The molecule has 36 heavy (non-hydrogen) atoms. The fraction of sp³-hybridized carbons (Fsp3) is 0.481. The van der Waals surface area contributed by atoms with Crippen LogP contribution >= 0.6 is 0 Å². The predicted octanol–water partition coefficient (Wildman–Crippen LogP) is 3.19. The number of nitrogens with zero attached hydrogens (tertiary/aromatic N) is 2. The minimum atomic E-state index is -0.666. The molecule has 2 bridgehead atoms. The third kappa shape index (κ3) is 6.13. The van der Waals surface area contributed by atoms with E-state index < -0.39 is 29.4 Å². The molecule has 1 aromatic carbocycles. The Kier molecular flexibility index (Phi) is 7.47. The minimum absolute atomic E-state index is 0.0230. The number of amides is 3. The maximum absolute atomic E-state index is 13.3. The number of ketones is 1. The van der Waals surface area contributed by atoms with Crippen molar-refractivity contribution < 1.29 is 28.3 Å². The van der Waals surface area contributed by atoms with Crippen LogP contribution in [0.2, 0.25) is 0 Å². The minimum Gasteiger partial charge on any atom is -0.461 e. The van der Waals surface area contributed by atoms with E-state index in [0.717, 1.165) is 18.4 Å². The molecule has 2 saturated heterocycles. The molecule has 2 aliphatic rings. The van der Waals surface area contributed by atoms with Gasteiger partial charge in [0.25, 0.3) is 11.7 Å². The number of carbonyl (C=O) groups is 4. The van der Waals surface area contributed by atoms with Crippen molar-refractivity contribution in [3.8, 4) is 0 Å². The molecule has 3 amide bonds. The Hall–Kier alpha value is -3.62. The number of ether oxygens (including phenoxy) is 1. The van der Waals surface area contributed by atoms with Crippen LogP contribution in [-0.4, -0.2) is 70.3 Å². The summed E-state index contributed by atoms with van der Waals surface area (Å²) in [5, 5.41) is 2.86. The highest BCUT2D eigenvalue weighted by Gasteiger charge is 2.46. The van der Waals surface area contributed by atoms with Crippen molar-refractivity contribution >= 4 is 23.7 Å². The molecule has 1 aromatic heterocycles. The molecule has 2 fully saturated rings. The van der Waals surface area contributed by atoms with E-state index in [9.17, 15) is 19.2 Å². The number of nitrogens with one attached hydrogen (secondary N) is 1. The molecule has 0 radical (unpaired) electrons. The molecule has 2 unspecified atom stereocenters. The van der Waals surface area contributed by atoms with Gasteiger partial charge < -0.3 is 24.3 Å². The molecule has 4 rings (SSSR count). The first-order valence-corrected chi connectivity index (χ1v) is 12.3. The second-order valence-corrected chi connectivity index (χ2v) is 10.4. The molecule has 1 N–H and O–H groups in total. The van der Waals surface area contributed by atoms with Crippen LogP contribution < -0.4 is 5.32 Å². The van der Waals surface area contributed by atoms with Crippen molar-refractivity contribution in [2.24, 2.45) is 0 Å². The lowest BCUT2D eigenvalue weighted by Crippen LogP contribution is -2.59. The number of alkyl carbamates (subject to hydrolysis) is 1. The van der Waals surface area contributed by atoms with Crippen molar-refractivity contribution in [1.29, 1.82) is 0 Å². The van der Waals surface area contributed by atoms with Gasteiger partial charge >= 0.3 is 6.09 Å². The Morgan fingerprint density at radius 2 is 1.69 bits per heavy atom. The van der Waals surface area contributed by atoms with Gasteiger partial charge in [0.05, 0.1) is 18.3 Å². The van der Waals surface area contributed by atoms with Crippen molar-refractivity contribution in [3.05, 3.63) is 60.1 Å². The molecule has 3 heterocycles. The van der Waals surface area contributed by atoms with E-state index in [1.54, 1.807) is 36.6 Å². The van der Waals surface area contributed by atoms with Gasteiger partial charge in [-0.2, -0.15) is 0 Å². The fourth-order valence-corrected chi connectivity index (χ4v) is 4.96. The molecule has 3 atom stereocenters. The number of rotatable bonds is 7. The molecule has 9 nitrogen and oxygen atoms in total. The van der Waals surface area contributed by atoms with Crippen LogP contribution in [-0.2, 0) is 20.7 Å². The highest BCUT2D eigenvalue weighted by molar-refractivity contribution is 6.42. The monoisotopic (exact) mass is 495 g/mol. The molecule has 0 saturated carbocycles. The molecule has 0 aliphatic carbocycles. The second-order valence-electron chi connectivity index (χ2n) is 10.4. The smallest absolute Gasteiger partial charge is 0.407 e. The Bertz CT molecular complexity index is 1080. The number of piperazine rings is 1. The summed E-state index contributed by atoms with van der Waals surface area (Å²) in [5.74, 6) is -1.33. The van der Waals surface area contributed by atoms with Crippen LogP contribution in [0.5, 0.6) is 0 Å². The lowest BCUT2D eigenvalue weighted by Gasteiger charge is -2.41. The number of likely N-dealkylation sites (tertiary alicyclic amines) is 1. The van der Waals surface area contributed by atoms with Crippen LogP contribution in [0.4, 0.5) is 4.79 Å². The fourth-order valence-electron chi connectivity index (χ4n) is 4.96. The largest absolute Gasteiger partial charge is 0.461 e. The van der Waals surface area contributed by atoms with E-state index in [-0.39, 0.29) is 30.2 Å². The van der Waals surface area contributed by atoms with Gasteiger partial charge in [-0.3, -0.25) is 14.4 Å². The number of hydrogen-bond acceptors (Lipinski definition) is 6. The first kappa shape index (κ1) is 25.5. The summed E-state index contributed by atoms with van der Waals surface area (Å²) in [7, 11) is 0. The standard InChI is InChI=1S/C27H33N3O6/c1-27(2,3)36-26(34)28-19(14-18-8-5-4-6-9-18)15-23(31)29-16-20-11-12-21(17-29)30(20)25(33)24(32)22-10-7-13-35-22/h4-10,13,19-21H,11-12,14-17H2,1-3H3,(H,28,34)/t19-,20?,21?/m0/s1. The number of fused-ring (bicyclic) bond motifs is 2. The first-order chi connectivity index (χ1) is 17.1. The maximum Gasteiger partial charge on any atom is 0.407 e. The molecule has 2 aliphatic heterocycles. The summed E-state index contributed by atoms with van der Waals surface area (Å²) < 4.78 is 10.5. The topological polar surface area (TPSA) is 109 Å². The number of benzene rings is 1. The van der Waals surface area contributed by atoms with E-state index >= 15 is 0 Å². The van der Waals surface area contributed by atoms with Crippen molar-refractivity contribution in [2.45, 2.75) is 70.2 Å². The van der Waals surface area contributed by atoms with E-state index in [1.807, 2.05) is 30.3 Å². The first-order valence-electron chi connectivity index (χ1n) is 12.3. The Balaban J connectivity index is 1.41. The molecule has 2 aromatic rings. The van der Waals surface area contributed by atoms with E-state index in [0.29, 0.717) is 19.5 Å². The van der Waals surface area contributed by atoms with Gasteiger partial charge in [-0.05, 0) is 57.7 Å². The molecule has 192 valence electrons. The van der Waals surface area contributed by atoms with Crippen LogP contribution in [0, 0.1) is 0 Å². The molecular formula is C27H33N3O6. The van der Waals surface area contributed by atoms with E-state index in [1.165, 1.54) is 12.3 Å². The maximum atomic E-state index is 13.3.